The molecule has 0 saturated heterocycles. The number of halogens is 1. The fraction of sp³-hybridized carbons (Fsp3) is 0.368. The second-order valence-corrected chi connectivity index (χ2v) is 6.61. The Labute approximate surface area is 143 Å². The van der Waals surface area contributed by atoms with Crippen LogP contribution in [0.25, 0.3) is 0 Å². The summed E-state index contributed by atoms with van der Waals surface area (Å²) < 4.78 is 6.25. The molecule has 0 atom stereocenters. The Morgan fingerprint density at radius 3 is 2.74 bits per heavy atom. The minimum Gasteiger partial charge on any atom is -0.457 e. The highest BCUT2D eigenvalue weighted by Crippen LogP contribution is 2.38. The van der Waals surface area contributed by atoms with Crippen molar-refractivity contribution in [3.05, 3.63) is 51.5 Å². The highest BCUT2D eigenvalue weighted by atomic mass is 35.5. The van der Waals surface area contributed by atoms with E-state index in [0.29, 0.717) is 0 Å². The SMILES string of the molecule is CNCc1cc(C)c(Cl)cc1Oc1ccc2c(c1C)CCN2C. The molecule has 0 radical (unpaired) electrons. The van der Waals surface area contributed by atoms with Gasteiger partial charge in [-0.05, 0) is 68.3 Å². The van der Waals surface area contributed by atoms with Crippen LogP contribution in [0, 0.1) is 13.8 Å². The maximum Gasteiger partial charge on any atom is 0.133 e. The second kappa shape index (κ2) is 6.42. The summed E-state index contributed by atoms with van der Waals surface area (Å²) in [5.41, 5.74) is 6.10. The summed E-state index contributed by atoms with van der Waals surface area (Å²) in [6.07, 6.45) is 1.08. The lowest BCUT2D eigenvalue weighted by molar-refractivity contribution is 0.470. The maximum absolute atomic E-state index is 6.30. The number of anilines is 1. The number of fused-ring (bicyclic) bond motifs is 1. The smallest absolute Gasteiger partial charge is 0.133 e. The van der Waals surface area contributed by atoms with Gasteiger partial charge >= 0.3 is 0 Å². The predicted molar refractivity (Wildman–Crippen MR) is 97.2 cm³/mol. The van der Waals surface area contributed by atoms with Crippen molar-refractivity contribution in [1.82, 2.24) is 5.32 Å². The summed E-state index contributed by atoms with van der Waals surface area (Å²) in [6.45, 7) is 5.98. The molecule has 1 heterocycles. The molecule has 0 saturated carbocycles. The van der Waals surface area contributed by atoms with Gasteiger partial charge in [0.25, 0.3) is 0 Å². The van der Waals surface area contributed by atoms with Gasteiger partial charge in [0.05, 0.1) is 0 Å². The number of hydrogen-bond donors (Lipinski definition) is 1. The minimum absolute atomic E-state index is 0.735. The van der Waals surface area contributed by atoms with Crippen molar-refractivity contribution < 1.29 is 4.74 Å². The molecule has 0 aromatic heterocycles. The summed E-state index contributed by atoms with van der Waals surface area (Å²) in [7, 11) is 4.07. The standard InChI is InChI=1S/C19H23ClN2O/c1-12-9-14(11-21-3)19(10-16(12)20)23-18-6-5-17-15(13(18)2)7-8-22(17)4/h5-6,9-10,21H,7-8,11H2,1-4H3. The minimum atomic E-state index is 0.735. The Balaban J connectivity index is 1.98. The van der Waals surface area contributed by atoms with Crippen LogP contribution in [0.3, 0.4) is 0 Å². The lowest BCUT2D eigenvalue weighted by atomic mass is 10.0. The molecule has 2 aromatic carbocycles. The molecule has 3 rings (SSSR count). The number of ether oxygens (including phenoxy) is 1. The van der Waals surface area contributed by atoms with E-state index in [-0.39, 0.29) is 0 Å². The molecule has 23 heavy (non-hydrogen) atoms. The average Bonchev–Trinajstić information content (AvgIpc) is 2.89. The molecule has 0 fully saturated rings. The van der Waals surface area contributed by atoms with Crippen LogP contribution in [-0.2, 0) is 13.0 Å². The van der Waals surface area contributed by atoms with Gasteiger partial charge in [-0.2, -0.15) is 0 Å². The van der Waals surface area contributed by atoms with Crippen LogP contribution in [0.1, 0.15) is 22.3 Å². The Bertz CT molecular complexity index is 743. The first-order valence-electron chi connectivity index (χ1n) is 7.96. The number of aryl methyl sites for hydroxylation is 1. The first-order chi connectivity index (χ1) is 11.0. The molecule has 0 unspecified atom stereocenters. The van der Waals surface area contributed by atoms with Gasteiger partial charge < -0.3 is 15.0 Å². The molecule has 2 aromatic rings. The lowest BCUT2D eigenvalue weighted by Gasteiger charge is -2.17. The Kier molecular flexibility index (Phi) is 4.51. The monoisotopic (exact) mass is 330 g/mol. The van der Waals surface area contributed by atoms with Crippen molar-refractivity contribution in [2.45, 2.75) is 26.8 Å². The van der Waals surface area contributed by atoms with Crippen LogP contribution < -0.4 is 15.0 Å². The Hall–Kier alpha value is -1.71. The normalized spacial score (nSPS) is 13.3. The highest BCUT2D eigenvalue weighted by molar-refractivity contribution is 6.31. The summed E-state index contributed by atoms with van der Waals surface area (Å²) in [5, 5.41) is 3.92. The van der Waals surface area contributed by atoms with E-state index in [1.807, 2.05) is 20.0 Å². The van der Waals surface area contributed by atoms with Crippen LogP contribution in [0.2, 0.25) is 5.02 Å². The fourth-order valence-corrected chi connectivity index (χ4v) is 3.32. The molecular weight excluding hydrogens is 308 g/mol. The molecule has 0 amide bonds. The summed E-state index contributed by atoms with van der Waals surface area (Å²) in [4.78, 5) is 2.29. The van der Waals surface area contributed by atoms with Gasteiger partial charge in [-0.1, -0.05) is 11.6 Å². The molecule has 0 bridgehead atoms. The summed E-state index contributed by atoms with van der Waals surface area (Å²) in [5.74, 6) is 1.74. The van der Waals surface area contributed by atoms with E-state index in [1.54, 1.807) is 0 Å². The quantitative estimate of drug-likeness (QED) is 0.895. The molecule has 122 valence electrons. The van der Waals surface area contributed by atoms with Crippen molar-refractivity contribution in [3.8, 4) is 11.5 Å². The first-order valence-corrected chi connectivity index (χ1v) is 8.34. The van der Waals surface area contributed by atoms with E-state index >= 15 is 0 Å². The maximum atomic E-state index is 6.30. The van der Waals surface area contributed by atoms with E-state index in [4.69, 9.17) is 16.3 Å². The van der Waals surface area contributed by atoms with Crippen molar-refractivity contribution in [2.24, 2.45) is 0 Å². The zero-order valence-corrected chi connectivity index (χ0v) is 14.9. The van der Waals surface area contributed by atoms with Gasteiger partial charge in [-0.25, -0.2) is 0 Å². The van der Waals surface area contributed by atoms with Crippen molar-refractivity contribution >= 4 is 17.3 Å². The molecule has 3 nitrogen and oxygen atoms in total. The number of nitrogens with zero attached hydrogens (tertiary/aromatic N) is 1. The van der Waals surface area contributed by atoms with E-state index < -0.39 is 0 Å². The molecule has 1 N–H and O–H groups in total. The van der Waals surface area contributed by atoms with E-state index in [0.717, 1.165) is 47.2 Å². The molecule has 1 aliphatic rings. The zero-order chi connectivity index (χ0) is 16.6. The number of hydrogen-bond acceptors (Lipinski definition) is 3. The summed E-state index contributed by atoms with van der Waals surface area (Å²) in [6, 6.07) is 8.22. The molecule has 0 aliphatic carbocycles. The largest absolute Gasteiger partial charge is 0.457 e. The Morgan fingerprint density at radius 2 is 2.00 bits per heavy atom. The van der Waals surface area contributed by atoms with E-state index in [1.165, 1.54) is 16.8 Å². The topological polar surface area (TPSA) is 24.5 Å². The van der Waals surface area contributed by atoms with E-state index in [9.17, 15) is 0 Å². The fourth-order valence-electron chi connectivity index (χ4n) is 3.17. The molecular formula is C19H23ClN2O. The van der Waals surface area contributed by atoms with Crippen LogP contribution in [0.5, 0.6) is 11.5 Å². The molecule has 1 aliphatic heterocycles. The first kappa shape index (κ1) is 16.2. The van der Waals surface area contributed by atoms with Gasteiger partial charge in [-0.3, -0.25) is 0 Å². The molecule has 0 spiro atoms. The highest BCUT2D eigenvalue weighted by Gasteiger charge is 2.20. The number of benzene rings is 2. The summed E-state index contributed by atoms with van der Waals surface area (Å²) >= 11 is 6.30. The lowest BCUT2D eigenvalue weighted by Crippen LogP contribution is -2.12. The van der Waals surface area contributed by atoms with Crippen molar-refractivity contribution in [3.63, 3.8) is 0 Å². The van der Waals surface area contributed by atoms with Crippen LogP contribution in [-0.4, -0.2) is 20.6 Å². The third-order valence-corrected chi connectivity index (χ3v) is 4.97. The number of rotatable bonds is 4. The van der Waals surface area contributed by atoms with Gasteiger partial charge in [0, 0.05) is 36.4 Å². The van der Waals surface area contributed by atoms with Gasteiger partial charge in [0.1, 0.15) is 11.5 Å². The molecule has 4 heteroatoms. The van der Waals surface area contributed by atoms with Crippen molar-refractivity contribution in [2.75, 3.05) is 25.5 Å². The Morgan fingerprint density at radius 1 is 1.22 bits per heavy atom. The third-order valence-electron chi connectivity index (χ3n) is 4.56. The predicted octanol–water partition coefficient (Wildman–Crippen LogP) is 4.46. The van der Waals surface area contributed by atoms with Gasteiger partial charge in [0.15, 0.2) is 0 Å². The van der Waals surface area contributed by atoms with Gasteiger partial charge in [-0.15, -0.1) is 0 Å². The zero-order valence-electron chi connectivity index (χ0n) is 14.2. The number of nitrogens with one attached hydrogen (secondary N) is 1. The van der Waals surface area contributed by atoms with E-state index in [2.05, 4.69) is 42.4 Å². The second-order valence-electron chi connectivity index (χ2n) is 6.20. The van der Waals surface area contributed by atoms with Crippen LogP contribution >= 0.6 is 11.6 Å². The number of likely N-dealkylation sites (N-methyl/N-ethyl adjacent to an activating group) is 1. The van der Waals surface area contributed by atoms with Gasteiger partial charge in [0.2, 0.25) is 0 Å². The van der Waals surface area contributed by atoms with Crippen LogP contribution in [0.15, 0.2) is 24.3 Å². The average molecular weight is 331 g/mol. The third kappa shape index (κ3) is 3.04. The van der Waals surface area contributed by atoms with Crippen molar-refractivity contribution in [1.29, 1.82) is 0 Å². The van der Waals surface area contributed by atoms with Crippen LogP contribution in [0.4, 0.5) is 5.69 Å².